The lowest BCUT2D eigenvalue weighted by molar-refractivity contribution is -0.155. The van der Waals surface area contributed by atoms with Gasteiger partial charge in [-0.05, 0) is 32.0 Å². The number of ether oxygens (including phenoxy) is 2. The van der Waals surface area contributed by atoms with Gasteiger partial charge < -0.3 is 24.1 Å². The maximum Gasteiger partial charge on any atom is 0.192 e. The molecule has 0 bridgehead atoms. The van der Waals surface area contributed by atoms with Gasteiger partial charge in [-0.3, -0.25) is 0 Å². The molecule has 1 saturated carbocycles. The first-order valence-electron chi connectivity index (χ1n) is 8.20. The highest BCUT2D eigenvalue weighted by Crippen LogP contribution is 2.44. The zero-order valence-corrected chi connectivity index (χ0v) is 15.9. The summed E-state index contributed by atoms with van der Waals surface area (Å²) in [5.74, 6) is -1.02. The van der Waals surface area contributed by atoms with Gasteiger partial charge in [0, 0.05) is 12.3 Å². The highest BCUT2D eigenvalue weighted by atomic mass is 28.4. The van der Waals surface area contributed by atoms with Crippen LogP contribution in [0.1, 0.15) is 41.0 Å². The lowest BCUT2D eigenvalue weighted by atomic mass is 9.81. The minimum atomic E-state index is -1.97. The van der Waals surface area contributed by atoms with E-state index >= 15 is 0 Å². The summed E-state index contributed by atoms with van der Waals surface area (Å²) in [6.45, 7) is 14.6. The van der Waals surface area contributed by atoms with E-state index in [2.05, 4.69) is 33.9 Å². The van der Waals surface area contributed by atoms with Crippen molar-refractivity contribution in [3.05, 3.63) is 0 Å². The van der Waals surface area contributed by atoms with Crippen LogP contribution in [0, 0.1) is 5.92 Å². The van der Waals surface area contributed by atoms with E-state index in [0.29, 0.717) is 6.42 Å². The van der Waals surface area contributed by atoms with Crippen LogP contribution in [0.25, 0.3) is 0 Å². The second kappa shape index (κ2) is 5.83. The summed E-state index contributed by atoms with van der Waals surface area (Å²) >= 11 is 0. The Morgan fingerprint density at radius 2 is 1.73 bits per heavy atom. The van der Waals surface area contributed by atoms with Crippen LogP contribution in [0.15, 0.2) is 0 Å². The van der Waals surface area contributed by atoms with Gasteiger partial charge >= 0.3 is 0 Å². The summed E-state index contributed by atoms with van der Waals surface area (Å²) in [5, 5.41) is 20.1. The molecule has 0 amide bonds. The average molecular weight is 333 g/mol. The van der Waals surface area contributed by atoms with Gasteiger partial charge in [-0.2, -0.15) is 0 Å². The van der Waals surface area contributed by atoms with E-state index in [1.165, 1.54) is 0 Å². The molecule has 22 heavy (non-hydrogen) atoms. The number of rotatable bonds is 3. The molecule has 1 aliphatic carbocycles. The fourth-order valence-corrected chi connectivity index (χ4v) is 4.44. The SMILES string of the molecule is CC1(C)O[C@@H]2[C@@H](CO)[C@H](O)C[C@H](O[Si](C)(C)C(C)(C)C)[C@H]2O1. The van der Waals surface area contributed by atoms with Crippen molar-refractivity contribution in [1.82, 2.24) is 0 Å². The van der Waals surface area contributed by atoms with E-state index in [1.807, 2.05) is 13.8 Å². The fraction of sp³-hybridized carbons (Fsp3) is 1.00. The predicted molar refractivity (Wildman–Crippen MR) is 87.1 cm³/mol. The molecule has 2 aliphatic rings. The maximum absolute atomic E-state index is 10.4. The van der Waals surface area contributed by atoms with Crippen molar-refractivity contribution in [3.63, 3.8) is 0 Å². The van der Waals surface area contributed by atoms with E-state index in [-0.39, 0.29) is 35.9 Å². The normalized spacial score (nSPS) is 38.9. The molecule has 0 aromatic heterocycles. The number of fused-ring (bicyclic) bond motifs is 1. The first-order valence-corrected chi connectivity index (χ1v) is 11.1. The monoisotopic (exact) mass is 332 g/mol. The maximum atomic E-state index is 10.4. The molecule has 2 fully saturated rings. The van der Waals surface area contributed by atoms with Crippen LogP contribution >= 0.6 is 0 Å². The highest BCUT2D eigenvalue weighted by Gasteiger charge is 2.55. The van der Waals surface area contributed by atoms with E-state index in [4.69, 9.17) is 13.9 Å². The minimum absolute atomic E-state index is 0.0935. The highest BCUT2D eigenvalue weighted by molar-refractivity contribution is 6.74. The summed E-state index contributed by atoms with van der Waals surface area (Å²) in [6.07, 6.45) is -0.884. The Balaban J connectivity index is 2.22. The van der Waals surface area contributed by atoms with Crippen LogP contribution in [0.2, 0.25) is 18.1 Å². The molecule has 0 aromatic carbocycles. The third kappa shape index (κ3) is 3.42. The molecule has 130 valence electrons. The Morgan fingerprint density at radius 1 is 1.18 bits per heavy atom. The van der Waals surface area contributed by atoms with Gasteiger partial charge in [-0.25, -0.2) is 0 Å². The molecule has 1 heterocycles. The second-order valence-corrected chi connectivity index (χ2v) is 13.4. The summed E-state index contributed by atoms with van der Waals surface area (Å²) in [5.41, 5.74) is 0. The van der Waals surface area contributed by atoms with Crippen molar-refractivity contribution in [2.24, 2.45) is 5.92 Å². The first kappa shape index (κ1) is 18.4. The van der Waals surface area contributed by atoms with Gasteiger partial charge in [-0.1, -0.05) is 20.8 Å². The van der Waals surface area contributed by atoms with E-state index < -0.39 is 20.2 Å². The van der Waals surface area contributed by atoms with Gasteiger partial charge in [0.15, 0.2) is 14.1 Å². The van der Waals surface area contributed by atoms with Crippen molar-refractivity contribution >= 4 is 8.32 Å². The number of aliphatic hydroxyl groups is 2. The Kier molecular flexibility index (Phi) is 4.86. The van der Waals surface area contributed by atoms with E-state index in [9.17, 15) is 10.2 Å². The van der Waals surface area contributed by atoms with E-state index in [0.717, 1.165) is 0 Å². The van der Waals surface area contributed by atoms with Gasteiger partial charge in [0.2, 0.25) is 0 Å². The minimum Gasteiger partial charge on any atom is -0.411 e. The Morgan fingerprint density at radius 3 is 2.23 bits per heavy atom. The second-order valence-electron chi connectivity index (χ2n) is 8.63. The van der Waals surface area contributed by atoms with Gasteiger partial charge in [-0.15, -0.1) is 0 Å². The molecule has 6 heteroatoms. The lowest BCUT2D eigenvalue weighted by Gasteiger charge is -2.45. The molecule has 5 nitrogen and oxygen atoms in total. The molecule has 1 aliphatic heterocycles. The molecule has 2 rings (SSSR count). The number of aliphatic hydroxyl groups excluding tert-OH is 2. The summed E-state index contributed by atoms with van der Waals surface area (Å²) in [4.78, 5) is 0. The predicted octanol–water partition coefficient (Wildman–Crippen LogP) is 2.27. The molecular formula is C16H32O5Si. The van der Waals surface area contributed by atoms with Crippen molar-refractivity contribution in [2.45, 2.75) is 89.4 Å². The molecular weight excluding hydrogens is 300 g/mol. The van der Waals surface area contributed by atoms with Crippen molar-refractivity contribution in [2.75, 3.05) is 6.61 Å². The Bertz CT molecular complexity index is 404. The number of hydrogen-bond donors (Lipinski definition) is 2. The molecule has 0 spiro atoms. The van der Waals surface area contributed by atoms with Gasteiger partial charge in [0.1, 0.15) is 6.10 Å². The zero-order chi connectivity index (χ0) is 16.9. The van der Waals surface area contributed by atoms with Crippen molar-refractivity contribution in [3.8, 4) is 0 Å². The Labute approximate surface area is 135 Å². The summed E-state index contributed by atoms with van der Waals surface area (Å²) < 4.78 is 18.5. The van der Waals surface area contributed by atoms with E-state index in [1.54, 1.807) is 0 Å². The van der Waals surface area contributed by atoms with Crippen LogP contribution < -0.4 is 0 Å². The topological polar surface area (TPSA) is 68.2 Å². The Hall–Kier alpha value is 0.0169. The summed E-state index contributed by atoms with van der Waals surface area (Å²) in [7, 11) is -1.97. The molecule has 2 N–H and O–H groups in total. The standard InChI is InChI=1S/C16H32O5Si/c1-15(2,3)22(6,7)21-12-8-11(18)10(9-17)13-14(12)20-16(4,5)19-13/h10-14,17-18H,8-9H2,1-7H3/t10-,11+,12-,13+,14+/m0/s1. The third-order valence-electron chi connectivity index (χ3n) is 5.38. The smallest absolute Gasteiger partial charge is 0.192 e. The first-order chi connectivity index (χ1) is 9.88. The van der Waals surface area contributed by atoms with Crippen LogP contribution in [-0.2, 0) is 13.9 Å². The zero-order valence-electron chi connectivity index (χ0n) is 14.9. The van der Waals surface area contributed by atoms with Crippen molar-refractivity contribution in [1.29, 1.82) is 0 Å². The van der Waals surface area contributed by atoms with Gasteiger partial charge in [0.05, 0.1) is 24.9 Å². The summed E-state index contributed by atoms with van der Waals surface area (Å²) in [6, 6.07) is 0. The molecule has 0 radical (unpaired) electrons. The quantitative estimate of drug-likeness (QED) is 0.776. The largest absolute Gasteiger partial charge is 0.411 e. The lowest BCUT2D eigenvalue weighted by Crippen LogP contribution is -2.57. The third-order valence-corrected chi connectivity index (χ3v) is 9.89. The average Bonchev–Trinajstić information content (AvgIpc) is 2.63. The molecule has 0 aromatic rings. The number of hydrogen-bond acceptors (Lipinski definition) is 5. The van der Waals surface area contributed by atoms with Crippen LogP contribution in [0.4, 0.5) is 0 Å². The fourth-order valence-electron chi connectivity index (χ4n) is 3.10. The van der Waals surface area contributed by atoms with Gasteiger partial charge in [0.25, 0.3) is 0 Å². The van der Waals surface area contributed by atoms with Crippen LogP contribution in [-0.4, -0.2) is 55.3 Å². The van der Waals surface area contributed by atoms with Crippen LogP contribution in [0.5, 0.6) is 0 Å². The van der Waals surface area contributed by atoms with Crippen LogP contribution in [0.3, 0.4) is 0 Å². The molecule has 0 unspecified atom stereocenters. The molecule has 1 saturated heterocycles. The molecule has 5 atom stereocenters. The van der Waals surface area contributed by atoms with Crippen molar-refractivity contribution < 1.29 is 24.1 Å².